The number of alkyl halides is 1. The van der Waals surface area contributed by atoms with E-state index in [-0.39, 0.29) is 0 Å². The first-order valence-corrected chi connectivity index (χ1v) is 6.65. The van der Waals surface area contributed by atoms with Crippen LogP contribution in [0.25, 0.3) is 0 Å². The molecule has 2 rings (SSSR count). The molecule has 0 N–H and O–H groups in total. The lowest BCUT2D eigenvalue weighted by Gasteiger charge is -2.10. The molecule has 0 atom stereocenters. The van der Waals surface area contributed by atoms with Gasteiger partial charge in [0.2, 0.25) is 5.88 Å². The number of para-hydroxylation sites is 2. The smallest absolute Gasteiger partial charge is 0.239 e. The summed E-state index contributed by atoms with van der Waals surface area (Å²) in [5.41, 5.74) is 0.713. The summed E-state index contributed by atoms with van der Waals surface area (Å²) >= 11 is 5.66. The molecular formula is C14H15ClN2O2. The van der Waals surface area contributed by atoms with Crippen molar-refractivity contribution in [3.05, 3.63) is 42.1 Å². The Balaban J connectivity index is 2.12. The van der Waals surface area contributed by atoms with E-state index in [0.29, 0.717) is 35.6 Å². The Morgan fingerprint density at radius 1 is 1.05 bits per heavy atom. The normalized spacial score (nSPS) is 10.2. The van der Waals surface area contributed by atoms with Gasteiger partial charge in [0.05, 0.1) is 18.2 Å². The zero-order chi connectivity index (χ0) is 13.5. The van der Waals surface area contributed by atoms with Crippen molar-refractivity contribution in [2.45, 2.75) is 19.2 Å². The Bertz CT molecular complexity index is 517. The van der Waals surface area contributed by atoms with Crippen molar-refractivity contribution in [2.75, 3.05) is 6.61 Å². The molecule has 100 valence electrons. The Labute approximate surface area is 117 Å². The standard InChI is InChI=1S/C14H15ClN2O2/c1-2-9-18-12-5-3-4-6-13(12)19-14-8-7-11(10-15)16-17-14/h3-8H,2,9-10H2,1H3. The molecule has 0 aliphatic heterocycles. The average Bonchev–Trinajstić information content (AvgIpc) is 2.47. The summed E-state index contributed by atoms with van der Waals surface area (Å²) < 4.78 is 11.3. The molecule has 0 aliphatic rings. The second-order valence-corrected chi connectivity index (χ2v) is 4.16. The van der Waals surface area contributed by atoms with Gasteiger partial charge in [0.25, 0.3) is 0 Å². The Morgan fingerprint density at radius 2 is 1.84 bits per heavy atom. The third-order valence-corrected chi connectivity index (χ3v) is 2.63. The van der Waals surface area contributed by atoms with Gasteiger partial charge in [-0.05, 0) is 24.6 Å². The quantitative estimate of drug-likeness (QED) is 0.754. The minimum Gasteiger partial charge on any atom is -0.490 e. The van der Waals surface area contributed by atoms with Crippen molar-refractivity contribution in [1.29, 1.82) is 0 Å². The highest BCUT2D eigenvalue weighted by Crippen LogP contribution is 2.30. The van der Waals surface area contributed by atoms with Crippen molar-refractivity contribution in [2.24, 2.45) is 0 Å². The third kappa shape index (κ3) is 3.83. The lowest BCUT2D eigenvalue weighted by molar-refractivity contribution is 0.300. The molecule has 2 aromatic rings. The topological polar surface area (TPSA) is 44.2 Å². The van der Waals surface area contributed by atoms with Gasteiger partial charge < -0.3 is 9.47 Å². The highest BCUT2D eigenvalue weighted by Gasteiger charge is 2.06. The molecule has 0 spiro atoms. The molecule has 5 heteroatoms. The SMILES string of the molecule is CCCOc1ccccc1Oc1ccc(CCl)nn1. The maximum atomic E-state index is 5.66. The van der Waals surface area contributed by atoms with E-state index in [1.165, 1.54) is 0 Å². The number of hydrogen-bond acceptors (Lipinski definition) is 4. The van der Waals surface area contributed by atoms with Crippen LogP contribution < -0.4 is 9.47 Å². The first kappa shape index (κ1) is 13.6. The van der Waals surface area contributed by atoms with Crippen molar-refractivity contribution in [3.8, 4) is 17.4 Å². The summed E-state index contributed by atoms with van der Waals surface area (Å²) in [4.78, 5) is 0. The summed E-state index contributed by atoms with van der Waals surface area (Å²) in [5, 5.41) is 7.89. The van der Waals surface area contributed by atoms with Gasteiger partial charge in [0.15, 0.2) is 11.5 Å². The Kier molecular flexibility index (Phi) is 4.98. The molecule has 0 amide bonds. The molecule has 0 saturated carbocycles. The fourth-order valence-electron chi connectivity index (χ4n) is 1.45. The molecule has 0 radical (unpaired) electrons. The molecular weight excluding hydrogens is 264 g/mol. The van der Waals surface area contributed by atoms with E-state index in [4.69, 9.17) is 21.1 Å². The molecule has 4 nitrogen and oxygen atoms in total. The molecule has 1 aromatic carbocycles. The van der Waals surface area contributed by atoms with Crippen LogP contribution in [0.5, 0.6) is 17.4 Å². The third-order valence-electron chi connectivity index (χ3n) is 2.36. The molecule has 1 heterocycles. The van der Waals surface area contributed by atoms with Crippen LogP contribution in [0.4, 0.5) is 0 Å². The van der Waals surface area contributed by atoms with Crippen molar-refractivity contribution >= 4 is 11.6 Å². The molecule has 0 unspecified atom stereocenters. The van der Waals surface area contributed by atoms with E-state index in [1.807, 2.05) is 24.3 Å². The van der Waals surface area contributed by atoms with Crippen LogP contribution in [-0.4, -0.2) is 16.8 Å². The maximum absolute atomic E-state index is 5.66. The zero-order valence-electron chi connectivity index (χ0n) is 10.7. The molecule has 0 saturated heterocycles. The molecule has 0 bridgehead atoms. The average molecular weight is 279 g/mol. The van der Waals surface area contributed by atoms with E-state index < -0.39 is 0 Å². The Hall–Kier alpha value is -1.81. The molecule has 0 fully saturated rings. The second-order valence-electron chi connectivity index (χ2n) is 3.89. The van der Waals surface area contributed by atoms with Crippen LogP contribution in [0.3, 0.4) is 0 Å². The minimum atomic E-state index is 0.337. The van der Waals surface area contributed by atoms with Crippen LogP contribution in [-0.2, 0) is 5.88 Å². The van der Waals surface area contributed by atoms with Crippen LogP contribution in [0.1, 0.15) is 19.0 Å². The number of benzene rings is 1. The fourth-order valence-corrected chi connectivity index (χ4v) is 1.59. The van der Waals surface area contributed by atoms with Crippen LogP contribution in [0.2, 0.25) is 0 Å². The van der Waals surface area contributed by atoms with Gasteiger partial charge in [-0.25, -0.2) is 0 Å². The zero-order valence-corrected chi connectivity index (χ0v) is 11.4. The van der Waals surface area contributed by atoms with Gasteiger partial charge in [-0.2, -0.15) is 5.10 Å². The van der Waals surface area contributed by atoms with E-state index in [0.717, 1.165) is 6.42 Å². The van der Waals surface area contributed by atoms with Gasteiger partial charge in [-0.3, -0.25) is 0 Å². The number of ether oxygens (including phenoxy) is 2. The van der Waals surface area contributed by atoms with E-state index in [1.54, 1.807) is 12.1 Å². The highest BCUT2D eigenvalue weighted by atomic mass is 35.5. The van der Waals surface area contributed by atoms with Crippen LogP contribution >= 0.6 is 11.6 Å². The second kappa shape index (κ2) is 6.95. The van der Waals surface area contributed by atoms with Crippen molar-refractivity contribution in [3.63, 3.8) is 0 Å². The monoisotopic (exact) mass is 278 g/mol. The number of nitrogens with zero attached hydrogens (tertiary/aromatic N) is 2. The maximum Gasteiger partial charge on any atom is 0.239 e. The summed E-state index contributed by atoms with van der Waals surface area (Å²) in [6.07, 6.45) is 0.943. The van der Waals surface area contributed by atoms with Crippen LogP contribution in [0.15, 0.2) is 36.4 Å². The number of rotatable bonds is 6. The fraction of sp³-hybridized carbons (Fsp3) is 0.286. The van der Waals surface area contributed by atoms with Crippen molar-refractivity contribution < 1.29 is 9.47 Å². The molecule has 19 heavy (non-hydrogen) atoms. The number of halogens is 1. The predicted molar refractivity (Wildman–Crippen MR) is 73.9 cm³/mol. The summed E-state index contributed by atoms with van der Waals surface area (Å²) in [6.45, 7) is 2.71. The molecule has 0 aliphatic carbocycles. The summed E-state index contributed by atoms with van der Waals surface area (Å²) in [6, 6.07) is 11.0. The first-order valence-electron chi connectivity index (χ1n) is 6.11. The number of aromatic nitrogens is 2. The van der Waals surface area contributed by atoms with E-state index in [9.17, 15) is 0 Å². The van der Waals surface area contributed by atoms with Gasteiger partial charge in [0.1, 0.15) is 0 Å². The first-order chi connectivity index (χ1) is 9.33. The van der Waals surface area contributed by atoms with Gasteiger partial charge in [0, 0.05) is 6.07 Å². The predicted octanol–water partition coefficient (Wildman–Crippen LogP) is 3.80. The largest absolute Gasteiger partial charge is 0.490 e. The highest BCUT2D eigenvalue weighted by molar-refractivity contribution is 6.16. The van der Waals surface area contributed by atoms with Crippen LogP contribution in [0, 0.1) is 0 Å². The number of hydrogen-bond donors (Lipinski definition) is 0. The van der Waals surface area contributed by atoms with Gasteiger partial charge in [-0.15, -0.1) is 16.7 Å². The lowest BCUT2D eigenvalue weighted by Crippen LogP contribution is -1.98. The summed E-state index contributed by atoms with van der Waals surface area (Å²) in [5.74, 6) is 2.08. The van der Waals surface area contributed by atoms with Gasteiger partial charge in [-0.1, -0.05) is 19.1 Å². The lowest BCUT2D eigenvalue weighted by atomic mass is 10.3. The van der Waals surface area contributed by atoms with Gasteiger partial charge >= 0.3 is 0 Å². The minimum absolute atomic E-state index is 0.337. The van der Waals surface area contributed by atoms with E-state index in [2.05, 4.69) is 17.1 Å². The Morgan fingerprint density at radius 3 is 2.47 bits per heavy atom. The summed E-state index contributed by atoms with van der Waals surface area (Å²) in [7, 11) is 0. The molecule has 1 aromatic heterocycles. The van der Waals surface area contributed by atoms with Crippen molar-refractivity contribution in [1.82, 2.24) is 10.2 Å². The van der Waals surface area contributed by atoms with E-state index >= 15 is 0 Å².